The smallest absolute Gasteiger partial charge is 0.0686 e. The lowest BCUT2D eigenvalue weighted by Gasteiger charge is -2.42. The Labute approximate surface area is 169 Å². The summed E-state index contributed by atoms with van der Waals surface area (Å²) < 4.78 is 0. The van der Waals surface area contributed by atoms with Crippen molar-refractivity contribution in [1.29, 1.82) is 5.26 Å². The molecular formula is C26H45N. The monoisotopic (exact) mass is 371 g/mol. The van der Waals surface area contributed by atoms with E-state index in [2.05, 4.69) is 19.9 Å². The van der Waals surface area contributed by atoms with Crippen LogP contribution in [0, 0.1) is 46.3 Å². The van der Waals surface area contributed by atoms with Gasteiger partial charge in [-0.25, -0.2) is 0 Å². The first-order chi connectivity index (χ1) is 13.1. The fourth-order valence-electron chi connectivity index (χ4n) is 6.94. The number of rotatable bonds is 7. The van der Waals surface area contributed by atoms with Gasteiger partial charge < -0.3 is 0 Å². The van der Waals surface area contributed by atoms with Gasteiger partial charge in [-0.1, -0.05) is 64.7 Å². The van der Waals surface area contributed by atoms with E-state index in [9.17, 15) is 5.26 Å². The van der Waals surface area contributed by atoms with Gasteiger partial charge in [-0.2, -0.15) is 5.26 Å². The van der Waals surface area contributed by atoms with E-state index in [1.165, 1.54) is 103 Å². The highest BCUT2D eigenvalue weighted by Crippen LogP contribution is 2.48. The van der Waals surface area contributed by atoms with Gasteiger partial charge in [0.15, 0.2) is 0 Å². The Bertz CT molecular complexity index is 461. The van der Waals surface area contributed by atoms with Crippen molar-refractivity contribution in [3.05, 3.63) is 0 Å². The third-order valence-corrected chi connectivity index (χ3v) is 8.79. The molecule has 0 N–H and O–H groups in total. The van der Waals surface area contributed by atoms with Crippen LogP contribution >= 0.6 is 0 Å². The van der Waals surface area contributed by atoms with Crippen LogP contribution in [0.3, 0.4) is 0 Å². The molecule has 154 valence electrons. The molecule has 0 saturated heterocycles. The van der Waals surface area contributed by atoms with Crippen molar-refractivity contribution < 1.29 is 0 Å². The topological polar surface area (TPSA) is 23.8 Å². The summed E-state index contributed by atoms with van der Waals surface area (Å²) in [5.41, 5.74) is -0.0186. The molecule has 0 aliphatic heterocycles. The second-order valence-corrected chi connectivity index (χ2v) is 10.8. The fraction of sp³-hybridized carbons (Fsp3) is 0.962. The third kappa shape index (κ3) is 5.98. The van der Waals surface area contributed by atoms with E-state index in [0.717, 1.165) is 36.0 Å². The van der Waals surface area contributed by atoms with E-state index in [1.807, 2.05) is 0 Å². The first-order valence-corrected chi connectivity index (χ1v) is 12.5. The van der Waals surface area contributed by atoms with Crippen LogP contribution in [0.2, 0.25) is 0 Å². The van der Waals surface area contributed by atoms with Gasteiger partial charge in [0.25, 0.3) is 0 Å². The van der Waals surface area contributed by atoms with Gasteiger partial charge in [0.2, 0.25) is 0 Å². The average Bonchev–Trinajstić information content (AvgIpc) is 2.72. The molecule has 0 aromatic rings. The quantitative estimate of drug-likeness (QED) is 0.413. The second-order valence-electron chi connectivity index (χ2n) is 10.8. The van der Waals surface area contributed by atoms with Crippen molar-refractivity contribution in [1.82, 2.24) is 0 Å². The molecule has 1 heteroatoms. The van der Waals surface area contributed by atoms with Crippen LogP contribution < -0.4 is 0 Å². The molecule has 0 bridgehead atoms. The van der Waals surface area contributed by atoms with Crippen LogP contribution in [0.5, 0.6) is 0 Å². The van der Waals surface area contributed by atoms with E-state index in [0.29, 0.717) is 0 Å². The minimum atomic E-state index is -0.0186. The molecule has 1 nitrogen and oxygen atoms in total. The fourth-order valence-corrected chi connectivity index (χ4v) is 6.94. The Morgan fingerprint density at radius 3 is 1.96 bits per heavy atom. The van der Waals surface area contributed by atoms with Crippen LogP contribution in [0.1, 0.15) is 123 Å². The highest BCUT2D eigenvalue weighted by molar-refractivity contribution is 5.00. The molecule has 0 heterocycles. The largest absolute Gasteiger partial charge is 0.198 e. The predicted molar refractivity (Wildman–Crippen MR) is 115 cm³/mol. The summed E-state index contributed by atoms with van der Waals surface area (Å²) in [5, 5.41) is 9.53. The number of hydrogen-bond acceptors (Lipinski definition) is 1. The Kier molecular flexibility index (Phi) is 8.10. The summed E-state index contributed by atoms with van der Waals surface area (Å²) in [4.78, 5) is 0. The Hall–Kier alpha value is -0.510. The summed E-state index contributed by atoms with van der Waals surface area (Å²) in [6, 6.07) is 2.64. The second kappa shape index (κ2) is 10.3. The molecule has 3 saturated carbocycles. The third-order valence-electron chi connectivity index (χ3n) is 8.79. The van der Waals surface area contributed by atoms with Gasteiger partial charge >= 0.3 is 0 Å². The van der Waals surface area contributed by atoms with E-state index < -0.39 is 0 Å². The molecule has 0 amide bonds. The highest BCUT2D eigenvalue weighted by atomic mass is 14.4. The first kappa shape index (κ1) is 21.2. The molecule has 27 heavy (non-hydrogen) atoms. The lowest BCUT2D eigenvalue weighted by atomic mass is 9.62. The zero-order valence-electron chi connectivity index (χ0n) is 18.4. The minimum absolute atomic E-state index is 0.0186. The summed E-state index contributed by atoms with van der Waals surface area (Å²) in [6.07, 6.45) is 24.3. The number of nitrogens with zero attached hydrogens (tertiary/aromatic N) is 1. The van der Waals surface area contributed by atoms with Crippen LogP contribution in [0.15, 0.2) is 0 Å². The molecule has 0 aromatic heterocycles. The van der Waals surface area contributed by atoms with Gasteiger partial charge in [-0.05, 0) is 87.9 Å². The van der Waals surface area contributed by atoms with Crippen LogP contribution in [0.25, 0.3) is 0 Å². The zero-order chi connectivity index (χ0) is 19.1. The van der Waals surface area contributed by atoms with Gasteiger partial charge in [-0.15, -0.1) is 0 Å². The van der Waals surface area contributed by atoms with E-state index in [1.54, 1.807) is 0 Å². The number of unbranched alkanes of at least 4 members (excludes halogenated alkanes) is 3. The van der Waals surface area contributed by atoms with Crippen molar-refractivity contribution in [2.24, 2.45) is 35.0 Å². The molecule has 0 unspecified atom stereocenters. The van der Waals surface area contributed by atoms with Gasteiger partial charge in [0.05, 0.1) is 11.5 Å². The summed E-state index contributed by atoms with van der Waals surface area (Å²) in [6.45, 7) is 4.53. The van der Waals surface area contributed by atoms with Gasteiger partial charge in [0, 0.05) is 0 Å². The van der Waals surface area contributed by atoms with E-state index >= 15 is 0 Å². The Balaban J connectivity index is 1.36. The number of nitriles is 1. The van der Waals surface area contributed by atoms with Crippen LogP contribution in [0.4, 0.5) is 0 Å². The summed E-state index contributed by atoms with van der Waals surface area (Å²) in [7, 11) is 0. The van der Waals surface area contributed by atoms with Crippen molar-refractivity contribution in [3.63, 3.8) is 0 Å². The van der Waals surface area contributed by atoms with Gasteiger partial charge in [-0.3, -0.25) is 0 Å². The standard InChI is InChI=1S/C26H45N/c1-3-4-5-6-8-21-10-12-22(13-11-21)23-14-16-24(17-15-23)25-9-7-18-26(2,19-25)20-27/h21-25H,3-19H2,1-2H3/t21-,22-,23?,24?,25-,26+/m0/s1. The van der Waals surface area contributed by atoms with Crippen LogP contribution in [-0.4, -0.2) is 0 Å². The maximum absolute atomic E-state index is 9.53. The highest BCUT2D eigenvalue weighted by Gasteiger charge is 2.38. The molecule has 0 spiro atoms. The van der Waals surface area contributed by atoms with Crippen molar-refractivity contribution in [2.75, 3.05) is 0 Å². The molecule has 3 aliphatic rings. The molecule has 0 radical (unpaired) electrons. The lowest BCUT2D eigenvalue weighted by Crippen LogP contribution is -2.32. The zero-order valence-corrected chi connectivity index (χ0v) is 18.4. The van der Waals surface area contributed by atoms with E-state index in [4.69, 9.17) is 0 Å². The predicted octanol–water partition coefficient (Wildman–Crippen LogP) is 8.29. The molecular weight excluding hydrogens is 326 g/mol. The van der Waals surface area contributed by atoms with Gasteiger partial charge in [0.1, 0.15) is 0 Å². The SMILES string of the molecule is CCCCCC[C@H]1CC[C@H](C2CCC([C@H]3CCC[C@@](C)(C#N)C3)CC2)CC1. The van der Waals surface area contributed by atoms with Crippen molar-refractivity contribution in [2.45, 2.75) is 123 Å². The summed E-state index contributed by atoms with van der Waals surface area (Å²) >= 11 is 0. The Morgan fingerprint density at radius 1 is 0.778 bits per heavy atom. The van der Waals surface area contributed by atoms with Crippen molar-refractivity contribution >= 4 is 0 Å². The lowest BCUT2D eigenvalue weighted by molar-refractivity contribution is 0.0900. The average molecular weight is 372 g/mol. The normalized spacial score (nSPS) is 40.4. The maximum atomic E-state index is 9.53. The number of hydrogen-bond donors (Lipinski definition) is 0. The molecule has 0 aromatic carbocycles. The molecule has 3 aliphatic carbocycles. The van der Waals surface area contributed by atoms with Crippen LogP contribution in [-0.2, 0) is 0 Å². The van der Waals surface area contributed by atoms with E-state index in [-0.39, 0.29) is 5.41 Å². The molecule has 2 atom stereocenters. The Morgan fingerprint density at radius 2 is 1.37 bits per heavy atom. The maximum Gasteiger partial charge on any atom is 0.0686 e. The molecule has 3 rings (SSSR count). The molecule has 3 fully saturated rings. The van der Waals surface area contributed by atoms with Crippen molar-refractivity contribution in [3.8, 4) is 6.07 Å². The summed E-state index contributed by atoms with van der Waals surface area (Å²) in [5.74, 6) is 4.93. The first-order valence-electron chi connectivity index (χ1n) is 12.5. The minimum Gasteiger partial charge on any atom is -0.198 e.